The largest absolute Gasteiger partial charge is 0.480 e. The third kappa shape index (κ3) is 21.2. The van der Waals surface area contributed by atoms with Crippen LogP contribution >= 0.6 is 0 Å². The fraction of sp³-hybridized carbons (Fsp3) is 0.791. The number of hydrogen-bond donors (Lipinski definition) is 11. The molecule has 2 heterocycles. The maximum Gasteiger partial charge on any atom is 0.475 e. The van der Waals surface area contributed by atoms with E-state index in [-0.39, 0.29) is 134 Å². The summed E-state index contributed by atoms with van der Waals surface area (Å²) in [6.07, 6.45) is 3.03. The van der Waals surface area contributed by atoms with Crippen LogP contribution in [0, 0.1) is 11.8 Å². The molecule has 0 aromatic heterocycles. The molecular weight excluding hydrogens is 905 g/mol. The number of aliphatic carboxylic acids is 3. The van der Waals surface area contributed by atoms with Gasteiger partial charge in [-0.25, -0.2) is 0 Å². The van der Waals surface area contributed by atoms with E-state index in [1.165, 1.54) is 11.8 Å². The Kier molecular flexibility index (Phi) is 25.1. The molecule has 3 rings (SSSR count). The molecule has 3 aliphatic rings. The first-order valence-corrected chi connectivity index (χ1v) is 24.0. The lowest BCUT2D eigenvalue weighted by atomic mass is 9.77. The van der Waals surface area contributed by atoms with Crippen LogP contribution in [0.1, 0.15) is 84.0 Å². The fourth-order valence-corrected chi connectivity index (χ4v) is 8.81. The number of rotatable bonds is 26. The van der Waals surface area contributed by atoms with Crippen molar-refractivity contribution >= 4 is 60.5 Å². The minimum atomic E-state index is -1.81. The van der Waals surface area contributed by atoms with Crippen molar-refractivity contribution in [2.24, 2.45) is 22.6 Å². The van der Waals surface area contributed by atoms with Crippen LogP contribution < -0.4 is 27.0 Å². The van der Waals surface area contributed by atoms with Crippen molar-refractivity contribution in [3.63, 3.8) is 0 Å². The van der Waals surface area contributed by atoms with Crippen LogP contribution in [0.15, 0.2) is 4.99 Å². The number of aliphatic hydroxyl groups excluding tert-OH is 1. The molecule has 2 aliphatic heterocycles. The predicted molar refractivity (Wildman–Crippen MR) is 251 cm³/mol. The molecule has 25 nitrogen and oxygen atoms in total. The van der Waals surface area contributed by atoms with Gasteiger partial charge in [0, 0.05) is 98.3 Å². The molecule has 0 aromatic carbocycles. The molecule has 1 aliphatic carbocycles. The van der Waals surface area contributed by atoms with Crippen LogP contribution in [-0.2, 0) is 38.4 Å². The molecule has 1 saturated carbocycles. The van der Waals surface area contributed by atoms with E-state index in [0.717, 1.165) is 0 Å². The van der Waals surface area contributed by atoms with Gasteiger partial charge in [0.2, 0.25) is 29.5 Å². The normalized spacial score (nSPS) is 22.2. The SMILES string of the molecule is C[C@@H](NC(=O)C1CCC(CNC(=O)CCCCNC(=O)[C@H](CCCN=C(N)N(C)C)NC(=O)CC[C@H](C(=O)O)N2CCN(CC(=O)O)CCN(CC(=O)O)CC2)CC1)C(=O)N1C[C@@H](O)C[C@H]1B(O)O. The highest BCUT2D eigenvalue weighted by atomic mass is 16.4. The van der Waals surface area contributed by atoms with Gasteiger partial charge in [-0.2, -0.15) is 0 Å². The van der Waals surface area contributed by atoms with Gasteiger partial charge in [0.1, 0.15) is 18.1 Å². The van der Waals surface area contributed by atoms with Gasteiger partial charge in [-0.15, -0.1) is 0 Å². The number of β-amino-alcohol motifs (C(OH)–C–C–N with tert-alkyl or cyclic N) is 1. The Hall–Kier alpha value is -5.15. The predicted octanol–water partition coefficient (Wildman–Crippen LogP) is -3.86. The molecule has 69 heavy (non-hydrogen) atoms. The third-order valence-corrected chi connectivity index (χ3v) is 12.9. The number of nitrogens with zero attached hydrogens (tertiary/aromatic N) is 6. The molecule has 0 unspecified atom stereocenters. The molecule has 390 valence electrons. The standard InChI is InChI=1S/C43H76BN11O14/c1-28(41(65)55-25-31(56)23-34(55)44(68)69)49-39(63)30-11-9-29(10-12-30)24-48-35(57)8-4-5-15-46-40(64)32(7-6-16-47-43(45)51(2)3)50-36(58)14-13-33(42(66)67)54-21-19-52(26-37(59)60)17-18-53(20-22-54)27-38(61)62/h28-34,56,68-69H,4-27H2,1-3H3,(H2,45,47)(H,46,64)(H,48,57)(H,49,63)(H,50,58)(H,59,60)(H,61,62)(H,66,67)/t28-,29?,30?,31+,32+,33-,34+/m1/s1. The molecule has 26 heteroatoms. The monoisotopic (exact) mass is 982 g/mol. The third-order valence-electron chi connectivity index (χ3n) is 12.9. The molecule has 0 aromatic rings. The van der Waals surface area contributed by atoms with Gasteiger partial charge in [-0.1, -0.05) is 0 Å². The van der Waals surface area contributed by atoms with Crippen LogP contribution in [0.25, 0.3) is 0 Å². The Labute approximate surface area is 403 Å². The Bertz CT molecular complexity index is 1730. The molecule has 12 N–H and O–H groups in total. The quantitative estimate of drug-likeness (QED) is 0.0171. The molecule has 5 atom stereocenters. The van der Waals surface area contributed by atoms with Crippen molar-refractivity contribution in [3.05, 3.63) is 0 Å². The van der Waals surface area contributed by atoms with E-state index in [4.69, 9.17) is 5.73 Å². The molecule has 0 bridgehead atoms. The van der Waals surface area contributed by atoms with Gasteiger partial charge in [-0.3, -0.25) is 58.0 Å². The smallest absolute Gasteiger partial charge is 0.475 e. The van der Waals surface area contributed by atoms with E-state index >= 15 is 0 Å². The summed E-state index contributed by atoms with van der Waals surface area (Å²) in [5.74, 6) is -6.12. The summed E-state index contributed by atoms with van der Waals surface area (Å²) in [6.45, 7) is 3.11. The topological polar surface area (TPSA) is 361 Å². The number of carbonyl (C=O) groups excluding carboxylic acids is 5. The zero-order valence-electron chi connectivity index (χ0n) is 40.3. The van der Waals surface area contributed by atoms with Crippen molar-refractivity contribution in [1.29, 1.82) is 0 Å². The van der Waals surface area contributed by atoms with Crippen LogP contribution in [0.2, 0.25) is 0 Å². The first kappa shape index (κ1) is 58.2. The summed E-state index contributed by atoms with van der Waals surface area (Å²) < 4.78 is 0. The van der Waals surface area contributed by atoms with E-state index in [9.17, 15) is 68.8 Å². The van der Waals surface area contributed by atoms with Crippen LogP contribution in [0.5, 0.6) is 0 Å². The summed E-state index contributed by atoms with van der Waals surface area (Å²) in [5, 5.41) is 69.4. The maximum absolute atomic E-state index is 13.4. The van der Waals surface area contributed by atoms with Crippen molar-refractivity contribution in [2.45, 2.75) is 114 Å². The van der Waals surface area contributed by atoms with Gasteiger partial charge in [0.15, 0.2) is 5.96 Å². The first-order chi connectivity index (χ1) is 32.6. The Morgan fingerprint density at radius 1 is 0.783 bits per heavy atom. The number of amides is 5. The van der Waals surface area contributed by atoms with E-state index in [1.54, 1.807) is 33.7 Å². The molecule has 0 radical (unpaired) electrons. The Morgan fingerprint density at radius 2 is 1.39 bits per heavy atom. The maximum atomic E-state index is 13.4. The Balaban J connectivity index is 1.45. The van der Waals surface area contributed by atoms with Crippen molar-refractivity contribution < 1.29 is 68.8 Å². The van der Waals surface area contributed by atoms with Gasteiger partial charge < -0.3 is 67.3 Å². The van der Waals surface area contributed by atoms with Gasteiger partial charge in [-0.05, 0) is 77.0 Å². The van der Waals surface area contributed by atoms with Gasteiger partial charge in [0.05, 0.1) is 25.1 Å². The lowest BCUT2D eigenvalue weighted by Gasteiger charge is -2.30. The number of guanidine groups is 1. The average Bonchev–Trinajstić information content (AvgIpc) is 3.72. The number of hydrogen-bond acceptors (Lipinski definition) is 15. The minimum Gasteiger partial charge on any atom is -0.480 e. The zero-order chi connectivity index (χ0) is 51.2. The Morgan fingerprint density at radius 3 is 1.96 bits per heavy atom. The highest BCUT2D eigenvalue weighted by molar-refractivity contribution is 6.43. The van der Waals surface area contributed by atoms with E-state index in [1.807, 2.05) is 0 Å². The number of nitrogens with one attached hydrogen (secondary N) is 4. The van der Waals surface area contributed by atoms with Crippen LogP contribution in [0.3, 0.4) is 0 Å². The molecule has 0 spiro atoms. The van der Waals surface area contributed by atoms with Crippen molar-refractivity contribution in [3.8, 4) is 0 Å². The molecular formula is C43H76BN11O14. The van der Waals surface area contributed by atoms with Gasteiger partial charge in [0.25, 0.3) is 0 Å². The number of nitrogens with two attached hydrogens (primary N) is 1. The van der Waals surface area contributed by atoms with Crippen LogP contribution in [0.4, 0.5) is 0 Å². The summed E-state index contributed by atoms with van der Waals surface area (Å²) >= 11 is 0. The fourth-order valence-electron chi connectivity index (χ4n) is 8.81. The van der Waals surface area contributed by atoms with Crippen molar-refractivity contribution in [1.82, 2.24) is 45.8 Å². The van der Waals surface area contributed by atoms with Gasteiger partial charge >= 0.3 is 25.0 Å². The summed E-state index contributed by atoms with van der Waals surface area (Å²) in [5.41, 5.74) is 5.90. The van der Waals surface area contributed by atoms with Crippen molar-refractivity contribution in [2.75, 3.05) is 92.6 Å². The summed E-state index contributed by atoms with van der Waals surface area (Å²) in [7, 11) is 1.66. The number of aliphatic imine (C=N–C) groups is 1. The number of likely N-dealkylation sites (tertiary alicyclic amines) is 1. The second-order valence-electron chi connectivity index (χ2n) is 18.5. The highest BCUT2D eigenvalue weighted by Gasteiger charge is 2.43. The van der Waals surface area contributed by atoms with E-state index in [0.29, 0.717) is 51.5 Å². The molecule has 5 amide bonds. The molecule has 3 fully saturated rings. The minimum absolute atomic E-state index is 0.0333. The summed E-state index contributed by atoms with van der Waals surface area (Å²) in [6, 6.07) is -3.05. The second kappa shape index (κ2) is 29.8. The average molecular weight is 982 g/mol. The number of carbonyl (C=O) groups is 8. The van der Waals surface area contributed by atoms with E-state index < -0.39 is 72.9 Å². The molecule has 2 saturated heterocycles. The number of aliphatic hydroxyl groups is 1. The van der Waals surface area contributed by atoms with E-state index in [2.05, 4.69) is 26.3 Å². The van der Waals surface area contributed by atoms with Crippen LogP contribution in [-0.4, -0.2) is 238 Å². The number of carboxylic acids is 3. The lowest BCUT2D eigenvalue weighted by molar-refractivity contribution is -0.145. The number of carboxylic acid groups (broad SMARTS) is 3. The lowest BCUT2D eigenvalue weighted by Crippen LogP contribution is -2.53. The summed E-state index contributed by atoms with van der Waals surface area (Å²) in [4.78, 5) is 113. The first-order valence-electron chi connectivity index (χ1n) is 24.0. The zero-order valence-corrected chi connectivity index (χ0v) is 40.3. The second-order valence-corrected chi connectivity index (χ2v) is 18.5. The highest BCUT2D eigenvalue weighted by Crippen LogP contribution is 2.29. The number of unbranched alkanes of at least 4 members (excludes halogenated alkanes) is 1.